The van der Waals surface area contributed by atoms with Crippen molar-refractivity contribution in [3.05, 3.63) is 0 Å². The first kappa shape index (κ1) is 23.0. The summed E-state index contributed by atoms with van der Waals surface area (Å²) in [5.74, 6) is -2.85. The van der Waals surface area contributed by atoms with Crippen molar-refractivity contribution in [1.82, 2.24) is 5.23 Å². The van der Waals surface area contributed by atoms with Crippen LogP contribution in [0.1, 0.15) is 26.2 Å². The lowest BCUT2D eigenvalue weighted by molar-refractivity contribution is -0.371. The number of carbonyl (C=O) groups is 2. The van der Waals surface area contributed by atoms with E-state index < -0.39 is 24.5 Å². The maximum absolute atomic E-state index is 9.72. The molecule has 132 valence electrons. The summed E-state index contributed by atoms with van der Waals surface area (Å²) in [6.45, 7) is 3.08. The Morgan fingerprint density at radius 2 is 1.59 bits per heavy atom. The molecule has 1 atom stereocenters. The second-order valence-electron chi connectivity index (χ2n) is 3.98. The molecule has 0 rings (SSSR count). The molecule has 0 amide bonds. The van der Waals surface area contributed by atoms with Crippen molar-refractivity contribution < 1.29 is 44.8 Å². The third-order valence-corrected chi connectivity index (χ3v) is 2.00. The highest BCUT2D eigenvalue weighted by Gasteiger charge is 2.16. The maximum Gasteiger partial charge on any atom is 0.333 e. The second-order valence-corrected chi connectivity index (χ2v) is 3.98. The van der Waals surface area contributed by atoms with Crippen molar-refractivity contribution in [2.45, 2.75) is 32.3 Å². The largest absolute Gasteiger partial charge is 0.481 e. The van der Waals surface area contributed by atoms with Crippen molar-refractivity contribution >= 4 is 11.9 Å². The first-order valence-corrected chi connectivity index (χ1v) is 6.76. The lowest BCUT2D eigenvalue weighted by Gasteiger charge is -2.19. The molecule has 0 aliphatic carbocycles. The zero-order chi connectivity index (χ0) is 17.4. The fourth-order valence-electron chi connectivity index (χ4n) is 0.992. The standard InChI is InChI=1S/C8H19NO4.C4H6O5/c1-2-3-4-9(12-7-5-10)13-8-6-11;5-2(4(8)9)1-3(6)7/h10-11H,2-8H2,1H3;2,5H,1H2,(H,6,7)(H,8,9). The minimum Gasteiger partial charge on any atom is -0.481 e. The van der Waals surface area contributed by atoms with Crippen LogP contribution < -0.4 is 0 Å². The van der Waals surface area contributed by atoms with Gasteiger partial charge in [-0.1, -0.05) is 18.6 Å². The predicted molar refractivity (Wildman–Crippen MR) is 73.6 cm³/mol. The summed E-state index contributed by atoms with van der Waals surface area (Å²) < 4.78 is 0. The van der Waals surface area contributed by atoms with Gasteiger partial charge in [-0.05, 0) is 6.42 Å². The minimum absolute atomic E-state index is 0.0366. The number of aliphatic hydroxyl groups is 3. The van der Waals surface area contributed by atoms with Crippen molar-refractivity contribution in [3.63, 3.8) is 0 Å². The van der Waals surface area contributed by atoms with Gasteiger partial charge in [0.2, 0.25) is 0 Å². The zero-order valence-electron chi connectivity index (χ0n) is 12.6. The number of unbranched alkanes of at least 4 members (excludes halogenated alkanes) is 1. The molecule has 0 aromatic carbocycles. The van der Waals surface area contributed by atoms with Gasteiger partial charge in [-0.15, -0.1) is 0 Å². The monoisotopic (exact) mass is 327 g/mol. The van der Waals surface area contributed by atoms with E-state index in [1.54, 1.807) is 0 Å². The first-order valence-electron chi connectivity index (χ1n) is 6.76. The number of carboxylic acids is 2. The van der Waals surface area contributed by atoms with Crippen LogP contribution in [0.15, 0.2) is 0 Å². The summed E-state index contributed by atoms with van der Waals surface area (Å²) in [6, 6.07) is 0. The van der Waals surface area contributed by atoms with Crippen molar-refractivity contribution in [3.8, 4) is 0 Å². The van der Waals surface area contributed by atoms with Crippen LogP contribution in [0.4, 0.5) is 0 Å². The van der Waals surface area contributed by atoms with Gasteiger partial charge in [0.15, 0.2) is 6.10 Å². The Morgan fingerprint density at radius 1 is 1.09 bits per heavy atom. The van der Waals surface area contributed by atoms with Crippen LogP contribution in [0.25, 0.3) is 0 Å². The van der Waals surface area contributed by atoms with Crippen molar-refractivity contribution in [2.75, 3.05) is 33.0 Å². The number of hydrogen-bond donors (Lipinski definition) is 5. The summed E-state index contributed by atoms with van der Waals surface area (Å²) in [5, 5.41) is 42.5. The Labute approximate surface area is 128 Å². The normalized spacial score (nSPS) is 11.7. The summed E-state index contributed by atoms with van der Waals surface area (Å²) in [5.41, 5.74) is 0. The molecule has 0 aromatic heterocycles. The Kier molecular flexibility index (Phi) is 16.8. The summed E-state index contributed by atoms with van der Waals surface area (Å²) >= 11 is 0. The summed E-state index contributed by atoms with van der Waals surface area (Å²) in [4.78, 5) is 29.5. The summed E-state index contributed by atoms with van der Waals surface area (Å²) in [7, 11) is 0. The molecule has 0 aliphatic heterocycles. The maximum atomic E-state index is 9.72. The molecule has 0 saturated heterocycles. The van der Waals surface area contributed by atoms with E-state index in [2.05, 4.69) is 6.92 Å². The molecular formula is C12H25NO9. The van der Waals surface area contributed by atoms with Crippen LogP contribution in [0.2, 0.25) is 0 Å². The molecule has 0 aromatic rings. The number of nitrogens with zero attached hydrogens (tertiary/aromatic N) is 1. The van der Waals surface area contributed by atoms with E-state index >= 15 is 0 Å². The number of hydrogen-bond acceptors (Lipinski definition) is 8. The van der Waals surface area contributed by atoms with Gasteiger partial charge in [0.05, 0.1) is 39.4 Å². The number of aliphatic carboxylic acids is 2. The highest BCUT2D eigenvalue weighted by molar-refractivity contribution is 5.79. The van der Waals surface area contributed by atoms with E-state index in [0.717, 1.165) is 12.8 Å². The van der Waals surface area contributed by atoms with Crippen LogP contribution in [-0.4, -0.2) is 81.8 Å². The molecule has 0 spiro atoms. The van der Waals surface area contributed by atoms with Gasteiger partial charge >= 0.3 is 11.9 Å². The molecule has 0 saturated carbocycles. The number of hydroxylamine groups is 2. The third-order valence-electron chi connectivity index (χ3n) is 2.00. The quantitative estimate of drug-likeness (QED) is 0.277. The van der Waals surface area contributed by atoms with E-state index in [4.69, 9.17) is 35.2 Å². The van der Waals surface area contributed by atoms with E-state index in [9.17, 15) is 9.59 Å². The van der Waals surface area contributed by atoms with Gasteiger partial charge in [0, 0.05) is 0 Å². The topological polar surface area (TPSA) is 157 Å². The van der Waals surface area contributed by atoms with Crippen LogP contribution in [0.5, 0.6) is 0 Å². The van der Waals surface area contributed by atoms with E-state index in [-0.39, 0.29) is 26.4 Å². The number of rotatable bonds is 12. The first-order chi connectivity index (χ1) is 10.4. The molecule has 0 bridgehead atoms. The van der Waals surface area contributed by atoms with Gasteiger partial charge < -0.3 is 25.5 Å². The van der Waals surface area contributed by atoms with Crippen molar-refractivity contribution in [1.29, 1.82) is 0 Å². The molecule has 22 heavy (non-hydrogen) atoms. The smallest absolute Gasteiger partial charge is 0.333 e. The highest BCUT2D eigenvalue weighted by Crippen LogP contribution is 1.97. The Morgan fingerprint density at radius 3 is 1.86 bits per heavy atom. The van der Waals surface area contributed by atoms with Crippen LogP contribution in [0, 0.1) is 0 Å². The summed E-state index contributed by atoms with van der Waals surface area (Å²) in [6.07, 6.45) is -0.546. The van der Waals surface area contributed by atoms with Crippen molar-refractivity contribution in [2.24, 2.45) is 0 Å². The highest BCUT2D eigenvalue weighted by atomic mass is 16.9. The van der Waals surface area contributed by atoms with Crippen LogP contribution in [0.3, 0.4) is 0 Å². The predicted octanol–water partition coefficient (Wildman–Crippen LogP) is -1.16. The molecule has 5 N–H and O–H groups in total. The molecule has 0 fully saturated rings. The van der Waals surface area contributed by atoms with Gasteiger partial charge in [-0.2, -0.15) is 0 Å². The lowest BCUT2D eigenvalue weighted by atomic mass is 10.3. The fourth-order valence-corrected chi connectivity index (χ4v) is 0.992. The van der Waals surface area contributed by atoms with Gasteiger partial charge in [-0.25, -0.2) is 4.79 Å². The Balaban J connectivity index is 0. The van der Waals surface area contributed by atoms with E-state index in [1.165, 1.54) is 5.23 Å². The average molecular weight is 327 g/mol. The molecule has 0 aliphatic rings. The average Bonchev–Trinajstić information content (AvgIpc) is 2.46. The Hall–Kier alpha value is -1.30. The third kappa shape index (κ3) is 16.8. The Bertz CT molecular complexity index is 269. The zero-order valence-corrected chi connectivity index (χ0v) is 12.6. The SMILES string of the molecule is CCCCN(OCCO)OCCO.O=C(O)CC(O)C(=O)O. The minimum atomic E-state index is -1.79. The second kappa shape index (κ2) is 16.1. The molecule has 0 heterocycles. The lowest BCUT2D eigenvalue weighted by Crippen LogP contribution is -2.28. The molecular weight excluding hydrogens is 302 g/mol. The molecule has 10 heteroatoms. The van der Waals surface area contributed by atoms with Gasteiger partial charge in [-0.3, -0.25) is 14.5 Å². The molecule has 10 nitrogen and oxygen atoms in total. The van der Waals surface area contributed by atoms with Gasteiger partial charge in [0.1, 0.15) is 0 Å². The fraction of sp³-hybridized carbons (Fsp3) is 0.833. The van der Waals surface area contributed by atoms with Crippen LogP contribution >= 0.6 is 0 Å². The van der Waals surface area contributed by atoms with E-state index in [0.29, 0.717) is 6.54 Å². The molecule has 0 radical (unpaired) electrons. The van der Waals surface area contributed by atoms with Gasteiger partial charge in [0.25, 0.3) is 0 Å². The molecule has 1 unspecified atom stereocenters. The van der Waals surface area contributed by atoms with E-state index in [1.807, 2.05) is 0 Å². The number of aliphatic hydroxyl groups excluding tert-OH is 3. The van der Waals surface area contributed by atoms with Crippen LogP contribution in [-0.2, 0) is 19.3 Å². The number of carboxylic acid groups (broad SMARTS) is 2.